The molecule has 1 heterocycles. The van der Waals surface area contributed by atoms with Gasteiger partial charge in [0.1, 0.15) is 6.04 Å². The molecule has 1 unspecified atom stereocenters. The van der Waals surface area contributed by atoms with Crippen molar-refractivity contribution in [1.29, 1.82) is 0 Å². The van der Waals surface area contributed by atoms with E-state index in [2.05, 4.69) is 5.32 Å². The largest absolute Gasteiger partial charge is 0.324 e. The van der Waals surface area contributed by atoms with E-state index in [0.717, 1.165) is 16.8 Å². The van der Waals surface area contributed by atoms with Crippen LogP contribution in [0.3, 0.4) is 0 Å². The summed E-state index contributed by atoms with van der Waals surface area (Å²) < 4.78 is 0. The summed E-state index contributed by atoms with van der Waals surface area (Å²) in [6, 6.07) is 14.6. The van der Waals surface area contributed by atoms with Gasteiger partial charge in [0.25, 0.3) is 5.91 Å². The lowest BCUT2D eigenvalue weighted by molar-refractivity contribution is -0.120. The number of aryl methyl sites for hydroxylation is 1. The first-order valence-corrected chi connectivity index (χ1v) is 7.33. The molecular formula is C18H18N2O2. The summed E-state index contributed by atoms with van der Waals surface area (Å²) in [7, 11) is 0. The number of hydrogen-bond acceptors (Lipinski definition) is 2. The first-order chi connectivity index (χ1) is 10.6. The van der Waals surface area contributed by atoms with E-state index < -0.39 is 6.04 Å². The highest BCUT2D eigenvalue weighted by atomic mass is 16.2. The smallest absolute Gasteiger partial charge is 0.255 e. The predicted molar refractivity (Wildman–Crippen MR) is 85.6 cm³/mol. The topological polar surface area (TPSA) is 49.4 Å². The highest BCUT2D eigenvalue weighted by molar-refractivity contribution is 6.03. The third-order valence-electron chi connectivity index (χ3n) is 4.10. The van der Waals surface area contributed by atoms with Gasteiger partial charge in [0, 0.05) is 17.8 Å². The Morgan fingerprint density at radius 1 is 1.14 bits per heavy atom. The van der Waals surface area contributed by atoms with Crippen LogP contribution in [0.2, 0.25) is 0 Å². The lowest BCUT2D eigenvalue weighted by Gasteiger charge is -2.23. The zero-order valence-electron chi connectivity index (χ0n) is 12.7. The van der Waals surface area contributed by atoms with Crippen LogP contribution in [-0.4, -0.2) is 22.8 Å². The maximum absolute atomic E-state index is 12.4. The quantitative estimate of drug-likeness (QED) is 0.946. The number of amides is 2. The molecule has 1 aliphatic heterocycles. The van der Waals surface area contributed by atoms with Gasteiger partial charge in [-0.2, -0.15) is 0 Å². The molecule has 2 aromatic carbocycles. The van der Waals surface area contributed by atoms with E-state index in [1.54, 1.807) is 11.8 Å². The van der Waals surface area contributed by atoms with Gasteiger partial charge >= 0.3 is 0 Å². The molecule has 4 heteroatoms. The van der Waals surface area contributed by atoms with E-state index in [1.807, 2.05) is 55.5 Å². The molecule has 4 nitrogen and oxygen atoms in total. The Bertz CT molecular complexity index is 739. The van der Waals surface area contributed by atoms with Gasteiger partial charge in [-0.1, -0.05) is 36.4 Å². The zero-order valence-corrected chi connectivity index (χ0v) is 12.7. The minimum Gasteiger partial charge on any atom is -0.324 e. The van der Waals surface area contributed by atoms with Gasteiger partial charge in [0.05, 0.1) is 0 Å². The second-order valence-corrected chi connectivity index (χ2v) is 5.57. The Morgan fingerprint density at radius 2 is 1.82 bits per heavy atom. The minimum absolute atomic E-state index is 0.0805. The number of fused-ring (bicyclic) bond motifs is 1. The van der Waals surface area contributed by atoms with Gasteiger partial charge in [-0.05, 0) is 37.1 Å². The molecule has 0 fully saturated rings. The molecule has 0 spiro atoms. The van der Waals surface area contributed by atoms with Crippen LogP contribution in [-0.2, 0) is 11.3 Å². The van der Waals surface area contributed by atoms with Crippen LogP contribution in [0, 0.1) is 6.92 Å². The Labute approximate surface area is 129 Å². The first kappa shape index (κ1) is 14.3. The molecule has 1 N–H and O–H groups in total. The van der Waals surface area contributed by atoms with E-state index in [4.69, 9.17) is 0 Å². The SMILES string of the molecule is Cc1ccccc1NC(=O)C(C)N1Cc2ccccc2C1=O. The lowest BCUT2D eigenvalue weighted by atomic mass is 10.1. The number of carbonyl (C=O) groups is 2. The molecule has 0 bridgehead atoms. The van der Waals surface area contributed by atoms with Crippen LogP contribution in [0.25, 0.3) is 0 Å². The number of nitrogens with zero attached hydrogens (tertiary/aromatic N) is 1. The van der Waals surface area contributed by atoms with Crippen LogP contribution < -0.4 is 5.32 Å². The fraction of sp³-hybridized carbons (Fsp3) is 0.222. The fourth-order valence-corrected chi connectivity index (χ4v) is 2.68. The highest BCUT2D eigenvalue weighted by Crippen LogP contribution is 2.25. The maximum Gasteiger partial charge on any atom is 0.255 e. The van der Waals surface area contributed by atoms with Crippen LogP contribution in [0.4, 0.5) is 5.69 Å². The van der Waals surface area contributed by atoms with Crippen molar-refractivity contribution in [3.63, 3.8) is 0 Å². The Hall–Kier alpha value is -2.62. The second-order valence-electron chi connectivity index (χ2n) is 5.57. The van der Waals surface area contributed by atoms with Crippen molar-refractivity contribution < 1.29 is 9.59 Å². The molecule has 2 aromatic rings. The van der Waals surface area contributed by atoms with Gasteiger partial charge in [0.2, 0.25) is 5.91 Å². The van der Waals surface area contributed by atoms with Crippen molar-refractivity contribution in [2.45, 2.75) is 26.4 Å². The van der Waals surface area contributed by atoms with Crippen LogP contribution in [0.1, 0.15) is 28.4 Å². The van der Waals surface area contributed by atoms with Crippen LogP contribution >= 0.6 is 0 Å². The zero-order chi connectivity index (χ0) is 15.7. The van der Waals surface area contributed by atoms with Crippen molar-refractivity contribution in [2.75, 3.05) is 5.32 Å². The average Bonchev–Trinajstić information content (AvgIpc) is 2.86. The summed E-state index contributed by atoms with van der Waals surface area (Å²) >= 11 is 0. The number of carbonyl (C=O) groups excluding carboxylic acids is 2. The summed E-state index contributed by atoms with van der Waals surface area (Å²) in [6.07, 6.45) is 0. The van der Waals surface area contributed by atoms with E-state index in [0.29, 0.717) is 12.1 Å². The van der Waals surface area contributed by atoms with Gasteiger partial charge in [-0.3, -0.25) is 9.59 Å². The molecule has 3 rings (SSSR count). The number of hydrogen-bond donors (Lipinski definition) is 1. The maximum atomic E-state index is 12.4. The molecule has 0 saturated carbocycles. The van der Waals surface area contributed by atoms with Crippen molar-refractivity contribution in [1.82, 2.24) is 4.90 Å². The van der Waals surface area contributed by atoms with Crippen molar-refractivity contribution in [2.24, 2.45) is 0 Å². The third kappa shape index (κ3) is 2.48. The van der Waals surface area contributed by atoms with Crippen LogP contribution in [0.5, 0.6) is 0 Å². The van der Waals surface area contributed by atoms with E-state index >= 15 is 0 Å². The molecule has 0 aliphatic carbocycles. The fourth-order valence-electron chi connectivity index (χ4n) is 2.68. The third-order valence-corrected chi connectivity index (χ3v) is 4.10. The van der Waals surface area contributed by atoms with Crippen LogP contribution in [0.15, 0.2) is 48.5 Å². The molecule has 1 atom stereocenters. The summed E-state index contributed by atoms with van der Waals surface area (Å²) in [5.41, 5.74) is 3.45. The van der Waals surface area contributed by atoms with E-state index in [9.17, 15) is 9.59 Å². The minimum atomic E-state index is -0.514. The number of benzene rings is 2. The van der Waals surface area contributed by atoms with E-state index in [1.165, 1.54) is 0 Å². The summed E-state index contributed by atoms with van der Waals surface area (Å²) in [4.78, 5) is 26.5. The van der Waals surface area contributed by atoms with Crippen molar-refractivity contribution in [3.05, 3.63) is 65.2 Å². The van der Waals surface area contributed by atoms with Gasteiger partial charge in [-0.25, -0.2) is 0 Å². The molecule has 22 heavy (non-hydrogen) atoms. The number of anilines is 1. The summed E-state index contributed by atoms with van der Waals surface area (Å²) in [6.45, 7) is 4.19. The summed E-state index contributed by atoms with van der Waals surface area (Å²) in [5.74, 6) is -0.251. The summed E-state index contributed by atoms with van der Waals surface area (Å²) in [5, 5.41) is 2.90. The Balaban J connectivity index is 1.75. The normalized spacial score (nSPS) is 14.6. The molecule has 0 radical (unpaired) electrons. The Morgan fingerprint density at radius 3 is 2.55 bits per heavy atom. The molecule has 112 valence electrons. The Kier molecular flexibility index (Phi) is 3.67. The van der Waals surface area contributed by atoms with Crippen molar-refractivity contribution >= 4 is 17.5 Å². The molecule has 1 aliphatic rings. The van der Waals surface area contributed by atoms with E-state index in [-0.39, 0.29) is 11.8 Å². The van der Waals surface area contributed by atoms with Gasteiger partial charge < -0.3 is 10.2 Å². The monoisotopic (exact) mass is 294 g/mol. The van der Waals surface area contributed by atoms with Crippen molar-refractivity contribution in [3.8, 4) is 0 Å². The predicted octanol–water partition coefficient (Wildman–Crippen LogP) is 2.98. The second kappa shape index (κ2) is 5.64. The van der Waals surface area contributed by atoms with Gasteiger partial charge in [0.15, 0.2) is 0 Å². The standard InChI is InChI=1S/C18H18N2O2/c1-12-7-3-6-10-16(12)19-17(21)13(2)20-11-14-8-4-5-9-15(14)18(20)22/h3-10,13H,11H2,1-2H3,(H,19,21). The number of rotatable bonds is 3. The molecule has 2 amide bonds. The highest BCUT2D eigenvalue weighted by Gasteiger charge is 2.33. The molecule has 0 aromatic heterocycles. The first-order valence-electron chi connectivity index (χ1n) is 7.33. The molecule has 0 saturated heterocycles. The number of nitrogens with one attached hydrogen (secondary N) is 1. The lowest BCUT2D eigenvalue weighted by Crippen LogP contribution is -2.42. The molecular weight excluding hydrogens is 276 g/mol. The number of para-hydroxylation sites is 1. The average molecular weight is 294 g/mol. The van der Waals surface area contributed by atoms with Gasteiger partial charge in [-0.15, -0.1) is 0 Å².